The molecule has 4 rings (SSSR count). The number of hydrogen-bond donors (Lipinski definition) is 3. The van der Waals surface area contributed by atoms with E-state index in [1.165, 1.54) is 0 Å². The van der Waals surface area contributed by atoms with Gasteiger partial charge in [-0.3, -0.25) is 20.4 Å². The Balaban J connectivity index is 1.29. The van der Waals surface area contributed by atoms with Crippen LogP contribution in [0.2, 0.25) is 5.02 Å². The first-order valence-electron chi connectivity index (χ1n) is 8.84. The van der Waals surface area contributed by atoms with Gasteiger partial charge in [-0.05, 0) is 30.3 Å². The Bertz CT molecular complexity index is 1170. The van der Waals surface area contributed by atoms with Crippen LogP contribution in [0.1, 0.15) is 22.7 Å². The number of nitrogens with zero attached hydrogens (tertiary/aromatic N) is 2. The Morgan fingerprint density at radius 2 is 1.86 bits per heavy atom. The molecule has 0 unspecified atom stereocenters. The third kappa shape index (κ3) is 4.27. The zero-order chi connectivity index (χ0) is 20.2. The molecule has 3 N–H and O–H groups in total. The Morgan fingerprint density at radius 1 is 1.07 bits per heavy atom. The molecule has 146 valence electrons. The maximum absolute atomic E-state index is 12.3. The zero-order valence-electron chi connectivity index (χ0n) is 15.1. The number of fused-ring (bicyclic) bond motifs is 1. The summed E-state index contributed by atoms with van der Waals surface area (Å²) in [7, 11) is 0. The second-order valence-electron chi connectivity index (χ2n) is 6.27. The van der Waals surface area contributed by atoms with Crippen molar-refractivity contribution in [2.24, 2.45) is 0 Å². The summed E-state index contributed by atoms with van der Waals surface area (Å²) in [6.07, 6.45) is 1.93. The molecular formula is C20H16ClN5O3. The van der Waals surface area contributed by atoms with E-state index in [1.807, 2.05) is 24.3 Å². The number of hydrazine groups is 1. The van der Waals surface area contributed by atoms with Crippen molar-refractivity contribution in [1.29, 1.82) is 0 Å². The van der Waals surface area contributed by atoms with Gasteiger partial charge in [0, 0.05) is 40.5 Å². The lowest BCUT2D eigenvalue weighted by Gasteiger charge is -2.06. The number of amides is 2. The summed E-state index contributed by atoms with van der Waals surface area (Å²) in [4.78, 5) is 31.6. The first kappa shape index (κ1) is 18.7. The fourth-order valence-electron chi connectivity index (χ4n) is 2.81. The summed E-state index contributed by atoms with van der Waals surface area (Å²) in [5.41, 5.74) is 6.86. The maximum atomic E-state index is 12.3. The fraction of sp³-hybridized carbons (Fsp3) is 0.100. The lowest BCUT2D eigenvalue weighted by atomic mass is 10.2. The molecule has 0 aliphatic carbocycles. The van der Waals surface area contributed by atoms with Gasteiger partial charge in [0.05, 0.1) is 5.56 Å². The summed E-state index contributed by atoms with van der Waals surface area (Å²) in [6, 6.07) is 14.4. The second kappa shape index (κ2) is 8.15. The van der Waals surface area contributed by atoms with Crippen molar-refractivity contribution in [2.75, 3.05) is 0 Å². The molecule has 0 saturated heterocycles. The van der Waals surface area contributed by atoms with Crippen molar-refractivity contribution < 1.29 is 14.1 Å². The van der Waals surface area contributed by atoms with Crippen LogP contribution in [-0.2, 0) is 11.2 Å². The largest absolute Gasteiger partial charge is 0.360 e. The molecule has 29 heavy (non-hydrogen) atoms. The average Bonchev–Trinajstić information content (AvgIpc) is 3.38. The highest BCUT2D eigenvalue weighted by Gasteiger charge is 2.14. The van der Waals surface area contributed by atoms with Crippen LogP contribution in [0.4, 0.5) is 0 Å². The van der Waals surface area contributed by atoms with Crippen LogP contribution in [-0.4, -0.2) is 26.9 Å². The predicted octanol–water partition coefficient (Wildman–Crippen LogP) is 3.27. The van der Waals surface area contributed by atoms with Crippen LogP contribution >= 0.6 is 11.6 Å². The van der Waals surface area contributed by atoms with Crippen molar-refractivity contribution in [3.63, 3.8) is 0 Å². The van der Waals surface area contributed by atoms with Crippen LogP contribution in [0.25, 0.3) is 22.3 Å². The molecule has 0 aliphatic heterocycles. The topological polar surface area (TPSA) is 113 Å². The van der Waals surface area contributed by atoms with Crippen LogP contribution in [0, 0.1) is 0 Å². The average molecular weight is 410 g/mol. The van der Waals surface area contributed by atoms with E-state index in [0.29, 0.717) is 22.3 Å². The van der Waals surface area contributed by atoms with Gasteiger partial charge in [-0.15, -0.1) is 0 Å². The summed E-state index contributed by atoms with van der Waals surface area (Å²) >= 11 is 5.86. The minimum atomic E-state index is -0.404. The summed E-state index contributed by atoms with van der Waals surface area (Å²) in [6.45, 7) is 0. The number of benzene rings is 2. The number of para-hydroxylation sites is 1. The van der Waals surface area contributed by atoms with Gasteiger partial charge in [0.15, 0.2) is 0 Å². The minimum absolute atomic E-state index is 0.0798. The van der Waals surface area contributed by atoms with Gasteiger partial charge in [-0.2, -0.15) is 4.98 Å². The summed E-state index contributed by atoms with van der Waals surface area (Å²) < 4.78 is 5.17. The van der Waals surface area contributed by atoms with Crippen molar-refractivity contribution in [3.8, 4) is 11.4 Å². The number of hydrogen-bond acceptors (Lipinski definition) is 5. The maximum Gasteiger partial charge on any atom is 0.271 e. The predicted molar refractivity (Wildman–Crippen MR) is 107 cm³/mol. The fourth-order valence-corrected chi connectivity index (χ4v) is 2.93. The number of H-pyrrole nitrogens is 1. The van der Waals surface area contributed by atoms with Gasteiger partial charge < -0.3 is 9.51 Å². The van der Waals surface area contributed by atoms with Gasteiger partial charge in [-0.25, -0.2) is 0 Å². The van der Waals surface area contributed by atoms with E-state index in [9.17, 15) is 9.59 Å². The Labute approximate surface area is 170 Å². The number of aryl methyl sites for hydroxylation is 1. The number of carbonyl (C=O) groups is 2. The Morgan fingerprint density at radius 3 is 2.69 bits per heavy atom. The number of rotatable bonds is 5. The van der Waals surface area contributed by atoms with Gasteiger partial charge in [0.25, 0.3) is 5.91 Å². The smallest absolute Gasteiger partial charge is 0.271 e. The van der Waals surface area contributed by atoms with E-state index in [1.54, 1.807) is 30.5 Å². The molecule has 0 fully saturated rings. The van der Waals surface area contributed by atoms with E-state index in [0.717, 1.165) is 16.5 Å². The van der Waals surface area contributed by atoms with Crippen LogP contribution in [0.5, 0.6) is 0 Å². The van der Waals surface area contributed by atoms with Gasteiger partial charge in [0.1, 0.15) is 0 Å². The van der Waals surface area contributed by atoms with Crippen LogP contribution in [0.3, 0.4) is 0 Å². The number of aromatic nitrogens is 3. The molecular weight excluding hydrogens is 394 g/mol. The van der Waals surface area contributed by atoms with Crippen LogP contribution in [0.15, 0.2) is 59.3 Å². The van der Waals surface area contributed by atoms with Gasteiger partial charge >= 0.3 is 0 Å². The quantitative estimate of drug-likeness (QED) is 0.438. The zero-order valence-corrected chi connectivity index (χ0v) is 15.9. The first-order valence-corrected chi connectivity index (χ1v) is 9.22. The van der Waals surface area contributed by atoms with Crippen LogP contribution < -0.4 is 10.9 Å². The SMILES string of the molecule is O=C(CCc1nc(-c2ccc(Cl)cc2)no1)NNC(=O)c1c[nH]c2ccccc12. The van der Waals surface area contributed by atoms with E-state index < -0.39 is 5.91 Å². The lowest BCUT2D eigenvalue weighted by molar-refractivity contribution is -0.121. The standard InChI is InChI=1S/C20H16ClN5O3/c21-13-7-5-12(6-8-13)19-23-18(29-26-19)10-9-17(27)24-25-20(28)15-11-22-16-4-2-1-3-14(15)16/h1-8,11,22H,9-10H2,(H,24,27)(H,25,28). The summed E-state index contributed by atoms with van der Waals surface area (Å²) in [5.74, 6) is -0.0270. The highest BCUT2D eigenvalue weighted by atomic mass is 35.5. The van der Waals surface area contributed by atoms with E-state index in [2.05, 4.69) is 26.0 Å². The van der Waals surface area contributed by atoms with Crippen molar-refractivity contribution in [2.45, 2.75) is 12.8 Å². The number of aromatic amines is 1. The third-order valence-electron chi connectivity index (χ3n) is 4.29. The molecule has 2 aromatic heterocycles. The monoisotopic (exact) mass is 409 g/mol. The molecule has 0 aliphatic rings. The molecule has 2 aromatic carbocycles. The highest BCUT2D eigenvalue weighted by molar-refractivity contribution is 6.30. The van der Waals surface area contributed by atoms with Gasteiger partial charge in [-0.1, -0.05) is 35.0 Å². The van der Waals surface area contributed by atoms with Gasteiger partial charge in [0.2, 0.25) is 17.6 Å². The first-order chi connectivity index (χ1) is 14.1. The molecule has 4 aromatic rings. The molecule has 9 heteroatoms. The molecule has 2 amide bonds. The molecule has 8 nitrogen and oxygen atoms in total. The highest BCUT2D eigenvalue weighted by Crippen LogP contribution is 2.19. The number of nitrogens with one attached hydrogen (secondary N) is 3. The lowest BCUT2D eigenvalue weighted by Crippen LogP contribution is -2.41. The number of halogens is 1. The molecule has 0 bridgehead atoms. The number of carbonyl (C=O) groups excluding carboxylic acids is 2. The molecule has 0 atom stereocenters. The molecule has 0 spiro atoms. The second-order valence-corrected chi connectivity index (χ2v) is 6.71. The third-order valence-corrected chi connectivity index (χ3v) is 4.54. The Kier molecular flexibility index (Phi) is 5.26. The normalized spacial score (nSPS) is 10.8. The van der Waals surface area contributed by atoms with E-state index in [-0.39, 0.29) is 18.7 Å². The minimum Gasteiger partial charge on any atom is -0.360 e. The molecule has 2 heterocycles. The van der Waals surface area contributed by atoms with Crippen molar-refractivity contribution >= 4 is 34.3 Å². The van der Waals surface area contributed by atoms with E-state index in [4.69, 9.17) is 16.1 Å². The van der Waals surface area contributed by atoms with E-state index >= 15 is 0 Å². The molecule has 0 radical (unpaired) electrons. The van der Waals surface area contributed by atoms with Crippen molar-refractivity contribution in [1.82, 2.24) is 26.0 Å². The Hall–Kier alpha value is -3.65. The molecule has 0 saturated carbocycles. The summed E-state index contributed by atoms with van der Waals surface area (Å²) in [5, 5.41) is 5.29. The van der Waals surface area contributed by atoms with Crippen molar-refractivity contribution in [3.05, 3.63) is 71.2 Å².